The van der Waals surface area contributed by atoms with Crippen molar-refractivity contribution in [3.8, 4) is 0 Å². The van der Waals surface area contributed by atoms with Crippen molar-refractivity contribution in [2.24, 2.45) is 0 Å². The number of rotatable bonds is 4. The lowest BCUT2D eigenvalue weighted by Crippen LogP contribution is -2.04. The van der Waals surface area contributed by atoms with Gasteiger partial charge < -0.3 is 5.32 Å². The predicted molar refractivity (Wildman–Crippen MR) is 76.8 cm³/mol. The standard InChI is InChI=1S/C13H9Cl2FN2O2/c14-9-2-1-8(11(16)5-9)7-17-12-6-10(15)3-4-13(12)18(19)20/h1-6,17H,7H2. The number of nitrogens with zero attached hydrogens (tertiary/aromatic N) is 1. The third-order valence-electron chi connectivity index (χ3n) is 2.64. The minimum Gasteiger partial charge on any atom is -0.375 e. The number of anilines is 1. The van der Waals surface area contributed by atoms with Crippen LogP contribution in [0.2, 0.25) is 10.0 Å². The van der Waals surface area contributed by atoms with Crippen molar-refractivity contribution >= 4 is 34.6 Å². The molecule has 1 N–H and O–H groups in total. The topological polar surface area (TPSA) is 55.2 Å². The lowest BCUT2D eigenvalue weighted by Gasteiger charge is -2.08. The molecule has 2 rings (SSSR count). The van der Waals surface area contributed by atoms with Gasteiger partial charge >= 0.3 is 0 Å². The van der Waals surface area contributed by atoms with E-state index < -0.39 is 10.7 Å². The molecule has 0 saturated carbocycles. The van der Waals surface area contributed by atoms with E-state index in [-0.39, 0.29) is 17.9 Å². The van der Waals surface area contributed by atoms with Gasteiger partial charge in [-0.05, 0) is 24.3 Å². The molecule has 20 heavy (non-hydrogen) atoms. The SMILES string of the molecule is O=[N+]([O-])c1ccc(Cl)cc1NCc1ccc(Cl)cc1F. The highest BCUT2D eigenvalue weighted by molar-refractivity contribution is 6.31. The van der Waals surface area contributed by atoms with Crippen LogP contribution in [0, 0.1) is 15.9 Å². The van der Waals surface area contributed by atoms with Gasteiger partial charge in [-0.2, -0.15) is 0 Å². The minimum atomic E-state index is -0.531. The summed E-state index contributed by atoms with van der Waals surface area (Å²) >= 11 is 11.5. The second-order valence-corrected chi connectivity index (χ2v) is 4.88. The number of nitro benzene ring substituents is 1. The molecule has 2 aromatic rings. The first-order valence-electron chi connectivity index (χ1n) is 5.59. The molecule has 0 aliphatic carbocycles. The molecule has 4 nitrogen and oxygen atoms in total. The van der Waals surface area contributed by atoms with E-state index in [0.29, 0.717) is 15.6 Å². The maximum Gasteiger partial charge on any atom is 0.292 e. The van der Waals surface area contributed by atoms with Crippen molar-refractivity contribution < 1.29 is 9.31 Å². The van der Waals surface area contributed by atoms with Gasteiger partial charge in [-0.25, -0.2) is 4.39 Å². The Bertz CT molecular complexity index is 665. The molecule has 0 aliphatic heterocycles. The van der Waals surface area contributed by atoms with E-state index in [9.17, 15) is 14.5 Å². The van der Waals surface area contributed by atoms with Gasteiger partial charge in [0, 0.05) is 28.2 Å². The Hall–Kier alpha value is -1.85. The lowest BCUT2D eigenvalue weighted by atomic mass is 10.2. The molecule has 0 aromatic heterocycles. The first-order chi connectivity index (χ1) is 9.47. The summed E-state index contributed by atoms with van der Waals surface area (Å²) < 4.78 is 13.6. The maximum atomic E-state index is 13.6. The summed E-state index contributed by atoms with van der Waals surface area (Å²) in [4.78, 5) is 10.4. The van der Waals surface area contributed by atoms with Crippen molar-refractivity contribution in [1.82, 2.24) is 0 Å². The predicted octanol–water partition coefficient (Wildman–Crippen LogP) is 4.65. The van der Waals surface area contributed by atoms with E-state index in [1.54, 1.807) is 6.07 Å². The Balaban J connectivity index is 2.22. The number of hydrogen-bond acceptors (Lipinski definition) is 3. The van der Waals surface area contributed by atoms with E-state index in [0.717, 1.165) is 0 Å². The van der Waals surface area contributed by atoms with E-state index in [2.05, 4.69) is 5.32 Å². The highest BCUT2D eigenvalue weighted by atomic mass is 35.5. The van der Waals surface area contributed by atoms with Crippen LogP contribution in [0.1, 0.15) is 5.56 Å². The summed E-state index contributed by atoms with van der Waals surface area (Å²) in [5.74, 6) is -0.477. The fourth-order valence-electron chi connectivity index (χ4n) is 1.66. The van der Waals surface area contributed by atoms with E-state index >= 15 is 0 Å². The van der Waals surface area contributed by atoms with Gasteiger partial charge in [-0.15, -0.1) is 0 Å². The fourth-order valence-corrected chi connectivity index (χ4v) is 2.00. The number of nitrogens with one attached hydrogen (secondary N) is 1. The van der Waals surface area contributed by atoms with Crippen LogP contribution in [-0.4, -0.2) is 4.92 Å². The first kappa shape index (κ1) is 14.6. The molecule has 0 saturated heterocycles. The maximum absolute atomic E-state index is 13.6. The molecule has 0 aliphatic rings. The van der Waals surface area contributed by atoms with Gasteiger partial charge in [0.05, 0.1) is 4.92 Å². The zero-order valence-electron chi connectivity index (χ0n) is 10.1. The van der Waals surface area contributed by atoms with Crippen LogP contribution in [0.5, 0.6) is 0 Å². The molecule has 104 valence electrons. The number of halogens is 3. The van der Waals surface area contributed by atoms with Crippen LogP contribution in [0.4, 0.5) is 15.8 Å². The Kier molecular flexibility index (Phi) is 4.42. The summed E-state index contributed by atoms with van der Waals surface area (Å²) in [6.07, 6.45) is 0. The summed E-state index contributed by atoms with van der Waals surface area (Å²) in [6, 6.07) is 8.39. The van der Waals surface area contributed by atoms with Gasteiger partial charge in [0.1, 0.15) is 11.5 Å². The molecule has 0 heterocycles. The molecule has 0 atom stereocenters. The monoisotopic (exact) mass is 314 g/mol. The van der Waals surface area contributed by atoms with Gasteiger partial charge in [-0.3, -0.25) is 10.1 Å². The Morgan fingerprint density at radius 2 is 1.80 bits per heavy atom. The zero-order chi connectivity index (χ0) is 14.7. The molecule has 2 aromatic carbocycles. The van der Waals surface area contributed by atoms with Crippen LogP contribution < -0.4 is 5.32 Å². The molecule has 0 unspecified atom stereocenters. The normalized spacial score (nSPS) is 10.3. The van der Waals surface area contributed by atoms with Crippen molar-refractivity contribution in [2.45, 2.75) is 6.54 Å². The molecule has 0 bridgehead atoms. The van der Waals surface area contributed by atoms with Crippen LogP contribution in [0.25, 0.3) is 0 Å². The molecule has 7 heteroatoms. The Morgan fingerprint density at radius 1 is 1.15 bits per heavy atom. The van der Waals surface area contributed by atoms with Crippen molar-refractivity contribution in [2.75, 3.05) is 5.32 Å². The fraction of sp³-hybridized carbons (Fsp3) is 0.0769. The van der Waals surface area contributed by atoms with Gasteiger partial charge in [0.2, 0.25) is 0 Å². The van der Waals surface area contributed by atoms with Crippen LogP contribution in [0.3, 0.4) is 0 Å². The van der Waals surface area contributed by atoms with E-state index in [1.807, 2.05) is 0 Å². The Labute approximate surface area is 124 Å². The van der Waals surface area contributed by atoms with Crippen molar-refractivity contribution in [3.05, 3.63) is 67.9 Å². The highest BCUT2D eigenvalue weighted by Crippen LogP contribution is 2.28. The van der Waals surface area contributed by atoms with Crippen molar-refractivity contribution in [1.29, 1.82) is 0 Å². The average molecular weight is 315 g/mol. The highest BCUT2D eigenvalue weighted by Gasteiger charge is 2.14. The smallest absolute Gasteiger partial charge is 0.292 e. The van der Waals surface area contributed by atoms with E-state index in [4.69, 9.17) is 23.2 Å². The summed E-state index contributed by atoms with van der Waals surface area (Å²) in [7, 11) is 0. The van der Waals surface area contributed by atoms with Crippen LogP contribution in [-0.2, 0) is 6.54 Å². The zero-order valence-corrected chi connectivity index (χ0v) is 11.6. The third-order valence-corrected chi connectivity index (χ3v) is 3.11. The summed E-state index contributed by atoms with van der Waals surface area (Å²) in [5.41, 5.74) is 0.462. The summed E-state index contributed by atoms with van der Waals surface area (Å²) in [6.45, 7) is 0.0875. The first-order valence-corrected chi connectivity index (χ1v) is 6.34. The second-order valence-electron chi connectivity index (χ2n) is 4.01. The number of nitro groups is 1. The number of hydrogen-bond donors (Lipinski definition) is 1. The average Bonchev–Trinajstić information content (AvgIpc) is 2.37. The Morgan fingerprint density at radius 3 is 2.45 bits per heavy atom. The summed E-state index contributed by atoms with van der Waals surface area (Å²) in [5, 5.41) is 14.3. The quantitative estimate of drug-likeness (QED) is 0.660. The minimum absolute atomic E-state index is 0.0875. The van der Waals surface area contributed by atoms with Crippen LogP contribution in [0.15, 0.2) is 36.4 Å². The van der Waals surface area contributed by atoms with Gasteiger partial charge in [-0.1, -0.05) is 29.3 Å². The molecular formula is C13H9Cl2FN2O2. The molecule has 0 spiro atoms. The van der Waals surface area contributed by atoms with Gasteiger partial charge in [0.15, 0.2) is 0 Å². The van der Waals surface area contributed by atoms with Gasteiger partial charge in [0.25, 0.3) is 5.69 Å². The van der Waals surface area contributed by atoms with Crippen LogP contribution >= 0.6 is 23.2 Å². The molecule has 0 amide bonds. The second kappa shape index (κ2) is 6.07. The third kappa shape index (κ3) is 3.37. The number of benzene rings is 2. The lowest BCUT2D eigenvalue weighted by molar-refractivity contribution is -0.384. The molecular weight excluding hydrogens is 306 g/mol. The van der Waals surface area contributed by atoms with Crippen molar-refractivity contribution in [3.63, 3.8) is 0 Å². The molecule has 0 fully saturated rings. The van der Waals surface area contributed by atoms with E-state index in [1.165, 1.54) is 30.3 Å². The largest absolute Gasteiger partial charge is 0.375 e. The molecule has 0 radical (unpaired) electrons.